The highest BCUT2D eigenvalue weighted by Crippen LogP contribution is 2.36. The molecule has 0 amide bonds. The summed E-state index contributed by atoms with van der Waals surface area (Å²) in [7, 11) is 2.24. The molecule has 2 heterocycles. The standard InChI is InChI=1S/C18H34N4.HI/c1-3-19-18(20-11-15-7-6-10-21(2)12-15)22-13-16-8-4-5-9-17(16)14-22;/h15-17H,3-14H2,1-2H3,(H,19,20);1H. The topological polar surface area (TPSA) is 30.9 Å². The van der Waals surface area contributed by atoms with Gasteiger partial charge in [0.25, 0.3) is 0 Å². The molecule has 4 nitrogen and oxygen atoms in total. The van der Waals surface area contributed by atoms with Crippen molar-refractivity contribution in [2.24, 2.45) is 22.7 Å². The molecule has 3 atom stereocenters. The summed E-state index contributed by atoms with van der Waals surface area (Å²) in [6.07, 6.45) is 8.44. The first kappa shape index (κ1) is 19.3. The molecular weight excluding hydrogens is 399 g/mol. The molecule has 1 N–H and O–H groups in total. The van der Waals surface area contributed by atoms with Crippen molar-refractivity contribution in [1.82, 2.24) is 15.1 Å². The van der Waals surface area contributed by atoms with Gasteiger partial charge in [-0.1, -0.05) is 12.8 Å². The fourth-order valence-electron chi connectivity index (χ4n) is 4.64. The highest BCUT2D eigenvalue weighted by molar-refractivity contribution is 14.0. The minimum Gasteiger partial charge on any atom is -0.357 e. The van der Waals surface area contributed by atoms with Crippen LogP contribution in [0.2, 0.25) is 0 Å². The molecule has 0 spiro atoms. The van der Waals surface area contributed by atoms with Crippen molar-refractivity contribution in [3.63, 3.8) is 0 Å². The van der Waals surface area contributed by atoms with Crippen molar-refractivity contribution in [3.8, 4) is 0 Å². The second-order valence-electron chi connectivity index (χ2n) is 7.67. The third kappa shape index (κ3) is 5.21. The summed E-state index contributed by atoms with van der Waals surface area (Å²) < 4.78 is 0. The highest BCUT2D eigenvalue weighted by Gasteiger charge is 2.35. The Balaban J connectivity index is 0.00000192. The van der Waals surface area contributed by atoms with E-state index in [-0.39, 0.29) is 24.0 Å². The molecule has 2 aliphatic heterocycles. The van der Waals surface area contributed by atoms with Crippen LogP contribution in [0.15, 0.2) is 4.99 Å². The van der Waals surface area contributed by atoms with E-state index >= 15 is 0 Å². The van der Waals surface area contributed by atoms with Crippen LogP contribution in [0.4, 0.5) is 0 Å². The van der Waals surface area contributed by atoms with Gasteiger partial charge < -0.3 is 15.1 Å². The van der Waals surface area contributed by atoms with Crippen molar-refractivity contribution in [2.75, 3.05) is 46.3 Å². The molecule has 3 rings (SSSR count). The molecule has 1 saturated carbocycles. The van der Waals surface area contributed by atoms with Gasteiger partial charge in [0.15, 0.2) is 5.96 Å². The number of piperidine rings is 1. The van der Waals surface area contributed by atoms with Crippen LogP contribution in [0.5, 0.6) is 0 Å². The molecule has 23 heavy (non-hydrogen) atoms. The third-order valence-electron chi connectivity index (χ3n) is 5.83. The molecule has 2 saturated heterocycles. The fourth-order valence-corrected chi connectivity index (χ4v) is 4.64. The quantitative estimate of drug-likeness (QED) is 0.421. The van der Waals surface area contributed by atoms with E-state index in [1.54, 1.807) is 0 Å². The second kappa shape index (κ2) is 9.44. The van der Waals surface area contributed by atoms with Crippen molar-refractivity contribution in [2.45, 2.75) is 45.4 Å². The molecule has 0 bridgehead atoms. The zero-order valence-electron chi connectivity index (χ0n) is 15.0. The van der Waals surface area contributed by atoms with Crippen LogP contribution in [-0.2, 0) is 0 Å². The SMILES string of the molecule is CCNC(=NCC1CCCN(C)C1)N1CC2CCCCC2C1.I. The molecular formula is C18H35IN4. The lowest BCUT2D eigenvalue weighted by Gasteiger charge is -2.29. The largest absolute Gasteiger partial charge is 0.357 e. The number of aliphatic imine (C=N–C) groups is 1. The lowest BCUT2D eigenvalue weighted by Crippen LogP contribution is -2.41. The maximum absolute atomic E-state index is 5.02. The minimum atomic E-state index is 0. The van der Waals surface area contributed by atoms with E-state index < -0.39 is 0 Å². The second-order valence-corrected chi connectivity index (χ2v) is 7.67. The van der Waals surface area contributed by atoms with Crippen LogP contribution in [0.3, 0.4) is 0 Å². The van der Waals surface area contributed by atoms with Gasteiger partial charge in [0.05, 0.1) is 0 Å². The Hall–Kier alpha value is -0.0400. The van der Waals surface area contributed by atoms with E-state index in [1.165, 1.54) is 70.7 Å². The molecule has 0 radical (unpaired) electrons. The Kier molecular flexibility index (Phi) is 7.92. The van der Waals surface area contributed by atoms with E-state index in [2.05, 4.69) is 29.1 Å². The first-order chi connectivity index (χ1) is 10.8. The van der Waals surface area contributed by atoms with Crippen molar-refractivity contribution in [1.29, 1.82) is 0 Å². The summed E-state index contributed by atoms with van der Waals surface area (Å²) in [4.78, 5) is 10.0. The number of likely N-dealkylation sites (tertiary alicyclic amines) is 2. The monoisotopic (exact) mass is 434 g/mol. The Morgan fingerprint density at radius 2 is 1.74 bits per heavy atom. The predicted molar refractivity (Wildman–Crippen MR) is 109 cm³/mol. The third-order valence-corrected chi connectivity index (χ3v) is 5.83. The Morgan fingerprint density at radius 1 is 1.04 bits per heavy atom. The number of guanidine groups is 1. The number of rotatable bonds is 3. The molecule has 1 aliphatic carbocycles. The molecule has 0 aromatic carbocycles. The average molecular weight is 434 g/mol. The lowest BCUT2D eigenvalue weighted by atomic mass is 9.82. The van der Waals surface area contributed by atoms with E-state index in [0.717, 1.165) is 30.8 Å². The normalized spacial score (nSPS) is 32.3. The first-order valence-electron chi connectivity index (χ1n) is 9.48. The van der Waals surface area contributed by atoms with Crippen LogP contribution in [-0.4, -0.2) is 62.1 Å². The Morgan fingerprint density at radius 3 is 2.35 bits per heavy atom. The van der Waals surface area contributed by atoms with E-state index in [0.29, 0.717) is 0 Å². The maximum Gasteiger partial charge on any atom is 0.193 e. The summed E-state index contributed by atoms with van der Waals surface area (Å²) >= 11 is 0. The molecule has 3 fully saturated rings. The summed E-state index contributed by atoms with van der Waals surface area (Å²) in [5, 5.41) is 3.55. The summed E-state index contributed by atoms with van der Waals surface area (Å²) in [5.41, 5.74) is 0. The number of hydrogen-bond donors (Lipinski definition) is 1. The number of nitrogens with one attached hydrogen (secondary N) is 1. The molecule has 0 aromatic rings. The van der Waals surface area contributed by atoms with Gasteiger partial charge in [-0.05, 0) is 64.0 Å². The number of halogens is 1. The van der Waals surface area contributed by atoms with Gasteiger partial charge in [-0.25, -0.2) is 0 Å². The average Bonchev–Trinajstić information content (AvgIpc) is 2.95. The maximum atomic E-state index is 5.02. The molecule has 3 unspecified atom stereocenters. The number of nitrogens with zero attached hydrogens (tertiary/aromatic N) is 3. The minimum absolute atomic E-state index is 0. The van der Waals surface area contributed by atoms with Crippen LogP contribution in [0.1, 0.15) is 45.4 Å². The first-order valence-corrected chi connectivity index (χ1v) is 9.48. The number of hydrogen-bond acceptors (Lipinski definition) is 2. The zero-order valence-corrected chi connectivity index (χ0v) is 17.3. The summed E-state index contributed by atoms with van der Waals surface area (Å²) in [5.74, 6) is 3.79. The van der Waals surface area contributed by atoms with Gasteiger partial charge in [-0.3, -0.25) is 4.99 Å². The van der Waals surface area contributed by atoms with Gasteiger partial charge >= 0.3 is 0 Å². The van der Waals surface area contributed by atoms with Crippen LogP contribution in [0.25, 0.3) is 0 Å². The smallest absolute Gasteiger partial charge is 0.193 e. The van der Waals surface area contributed by atoms with E-state index in [1.807, 2.05) is 0 Å². The lowest BCUT2D eigenvalue weighted by molar-refractivity contribution is 0.214. The molecule has 134 valence electrons. The van der Waals surface area contributed by atoms with Crippen molar-refractivity contribution >= 4 is 29.9 Å². The van der Waals surface area contributed by atoms with E-state index in [9.17, 15) is 0 Å². The molecule has 0 aromatic heterocycles. The van der Waals surface area contributed by atoms with Gasteiger partial charge in [-0.2, -0.15) is 0 Å². The number of fused-ring (bicyclic) bond motifs is 1. The van der Waals surface area contributed by atoms with Crippen LogP contribution < -0.4 is 5.32 Å². The summed E-state index contributed by atoms with van der Waals surface area (Å²) in [6.45, 7) is 9.12. The summed E-state index contributed by atoms with van der Waals surface area (Å²) in [6, 6.07) is 0. The van der Waals surface area contributed by atoms with Gasteiger partial charge in [-0.15, -0.1) is 24.0 Å². The van der Waals surface area contributed by atoms with Gasteiger partial charge in [0.1, 0.15) is 0 Å². The van der Waals surface area contributed by atoms with Crippen molar-refractivity contribution in [3.05, 3.63) is 0 Å². The fraction of sp³-hybridized carbons (Fsp3) is 0.944. The highest BCUT2D eigenvalue weighted by atomic mass is 127. The van der Waals surface area contributed by atoms with Gasteiger partial charge in [0.2, 0.25) is 0 Å². The van der Waals surface area contributed by atoms with E-state index in [4.69, 9.17) is 4.99 Å². The Bertz CT molecular complexity index is 373. The van der Waals surface area contributed by atoms with Crippen LogP contribution >= 0.6 is 24.0 Å². The molecule has 5 heteroatoms. The van der Waals surface area contributed by atoms with Gasteiger partial charge in [0, 0.05) is 32.7 Å². The molecule has 3 aliphatic rings. The van der Waals surface area contributed by atoms with Crippen LogP contribution in [0, 0.1) is 17.8 Å². The Labute approximate surface area is 159 Å². The predicted octanol–water partition coefficient (Wildman–Crippen LogP) is 3.03. The van der Waals surface area contributed by atoms with Crippen molar-refractivity contribution < 1.29 is 0 Å². The zero-order chi connectivity index (χ0) is 15.4.